The quantitative estimate of drug-likeness (QED) is 0.908. The number of hydrogen-bond donors (Lipinski definition) is 1. The Morgan fingerprint density at radius 2 is 1.83 bits per heavy atom. The normalized spacial score (nSPS) is 14.8. The fraction of sp³-hybridized carbons (Fsp3) is 0.312. The Morgan fingerprint density at radius 3 is 2.42 bits per heavy atom. The lowest BCUT2D eigenvalue weighted by Gasteiger charge is -2.34. The van der Waals surface area contributed by atoms with Crippen molar-refractivity contribution in [3.8, 4) is 0 Å². The number of aromatic nitrogens is 1. The largest absolute Gasteiger partial charge is 0.335 e. The summed E-state index contributed by atoms with van der Waals surface area (Å²) in [6, 6.07) is 5.63. The predicted molar refractivity (Wildman–Crippen MR) is 88.2 cm³/mol. The highest BCUT2D eigenvalue weighted by atomic mass is 32.1. The lowest BCUT2D eigenvalue weighted by molar-refractivity contribution is 0.0532. The molecular formula is C16H17FN4O2S. The third-order valence-electron chi connectivity index (χ3n) is 3.87. The molecule has 24 heavy (non-hydrogen) atoms. The third kappa shape index (κ3) is 3.44. The van der Waals surface area contributed by atoms with E-state index in [2.05, 4.69) is 4.98 Å². The van der Waals surface area contributed by atoms with Crippen molar-refractivity contribution in [2.24, 2.45) is 5.73 Å². The van der Waals surface area contributed by atoms with Crippen LogP contribution in [0.15, 0.2) is 29.6 Å². The Hall–Kier alpha value is -2.32. The molecule has 0 saturated carbocycles. The fourth-order valence-corrected chi connectivity index (χ4v) is 3.23. The number of hydrogen-bond acceptors (Lipinski definition) is 5. The van der Waals surface area contributed by atoms with Crippen LogP contribution in [0.1, 0.15) is 25.9 Å². The molecule has 1 saturated heterocycles. The van der Waals surface area contributed by atoms with Gasteiger partial charge in [0.2, 0.25) is 0 Å². The first-order valence-electron chi connectivity index (χ1n) is 7.57. The number of amides is 2. The summed E-state index contributed by atoms with van der Waals surface area (Å²) in [6.07, 6.45) is 0. The number of halogens is 1. The summed E-state index contributed by atoms with van der Waals surface area (Å²) in [7, 11) is 0. The molecule has 0 spiro atoms. The van der Waals surface area contributed by atoms with Crippen molar-refractivity contribution >= 4 is 23.2 Å². The van der Waals surface area contributed by atoms with Gasteiger partial charge in [0.15, 0.2) is 0 Å². The fourth-order valence-electron chi connectivity index (χ4n) is 2.58. The van der Waals surface area contributed by atoms with Crippen LogP contribution < -0.4 is 5.73 Å². The third-order valence-corrected chi connectivity index (χ3v) is 4.74. The number of benzene rings is 1. The van der Waals surface area contributed by atoms with Crippen molar-refractivity contribution in [2.45, 2.75) is 6.54 Å². The number of nitrogens with two attached hydrogens (primary N) is 1. The summed E-state index contributed by atoms with van der Waals surface area (Å²) in [5, 5.41) is 2.42. The molecule has 6 nitrogen and oxygen atoms in total. The van der Waals surface area contributed by atoms with Crippen LogP contribution in [0.2, 0.25) is 0 Å². The van der Waals surface area contributed by atoms with E-state index in [9.17, 15) is 14.0 Å². The van der Waals surface area contributed by atoms with Gasteiger partial charge in [-0.1, -0.05) is 6.07 Å². The molecule has 3 rings (SSSR count). The minimum Gasteiger partial charge on any atom is -0.335 e. The van der Waals surface area contributed by atoms with Gasteiger partial charge < -0.3 is 15.5 Å². The van der Waals surface area contributed by atoms with Crippen LogP contribution in [-0.4, -0.2) is 52.8 Å². The van der Waals surface area contributed by atoms with Crippen molar-refractivity contribution < 1.29 is 14.0 Å². The lowest BCUT2D eigenvalue weighted by atomic mass is 10.1. The molecule has 1 aliphatic rings. The molecule has 0 unspecified atom stereocenters. The molecule has 2 amide bonds. The van der Waals surface area contributed by atoms with Gasteiger partial charge in [-0.05, 0) is 18.2 Å². The van der Waals surface area contributed by atoms with Gasteiger partial charge in [-0.3, -0.25) is 9.59 Å². The molecule has 2 heterocycles. The molecule has 2 aromatic rings. The maximum atomic E-state index is 13.2. The second-order valence-corrected chi connectivity index (χ2v) is 6.37. The van der Waals surface area contributed by atoms with Gasteiger partial charge in [0.05, 0.1) is 0 Å². The minimum atomic E-state index is -0.436. The summed E-state index contributed by atoms with van der Waals surface area (Å²) in [4.78, 5) is 32.3. The van der Waals surface area contributed by atoms with E-state index < -0.39 is 5.82 Å². The Balaban J connectivity index is 1.61. The average molecular weight is 348 g/mol. The molecule has 126 valence electrons. The number of carbonyl (C=O) groups is 2. The molecule has 0 atom stereocenters. The summed E-state index contributed by atoms with van der Waals surface area (Å²) < 4.78 is 13.2. The van der Waals surface area contributed by atoms with Crippen molar-refractivity contribution in [3.05, 3.63) is 51.7 Å². The van der Waals surface area contributed by atoms with E-state index in [-0.39, 0.29) is 11.8 Å². The van der Waals surface area contributed by atoms with Crippen LogP contribution >= 0.6 is 11.3 Å². The Bertz CT molecular complexity index is 756. The summed E-state index contributed by atoms with van der Waals surface area (Å²) in [5.74, 6) is -0.807. The molecule has 0 bridgehead atoms. The van der Waals surface area contributed by atoms with Crippen LogP contribution in [0.3, 0.4) is 0 Å². The molecule has 1 fully saturated rings. The maximum absolute atomic E-state index is 13.2. The smallest absolute Gasteiger partial charge is 0.273 e. The number of thiazole rings is 1. The number of rotatable bonds is 3. The van der Waals surface area contributed by atoms with Crippen LogP contribution in [0.4, 0.5) is 4.39 Å². The average Bonchev–Trinajstić information content (AvgIpc) is 3.10. The zero-order valence-corrected chi connectivity index (χ0v) is 13.8. The second kappa shape index (κ2) is 7.06. The minimum absolute atomic E-state index is 0.149. The zero-order valence-electron chi connectivity index (χ0n) is 12.9. The molecular weight excluding hydrogens is 331 g/mol. The van der Waals surface area contributed by atoms with Crippen LogP contribution in [0.5, 0.6) is 0 Å². The van der Waals surface area contributed by atoms with E-state index in [4.69, 9.17) is 5.73 Å². The molecule has 0 radical (unpaired) electrons. The molecule has 8 heteroatoms. The predicted octanol–water partition coefficient (Wildman–Crippen LogP) is 1.34. The first-order chi connectivity index (χ1) is 11.6. The topological polar surface area (TPSA) is 79.5 Å². The summed E-state index contributed by atoms with van der Waals surface area (Å²) in [5.41, 5.74) is 6.23. The lowest BCUT2D eigenvalue weighted by Crippen LogP contribution is -2.50. The first-order valence-corrected chi connectivity index (χ1v) is 8.45. The van der Waals surface area contributed by atoms with E-state index in [0.717, 1.165) is 5.01 Å². The van der Waals surface area contributed by atoms with Gasteiger partial charge in [-0.15, -0.1) is 11.3 Å². The monoisotopic (exact) mass is 348 g/mol. The highest BCUT2D eigenvalue weighted by Gasteiger charge is 2.26. The standard InChI is InChI=1S/C16H17FN4O2S/c17-12-3-1-2-11(8-12)15(22)20-4-6-21(7-5-20)16(23)13-10-24-14(9-18)19-13/h1-3,8,10H,4-7,9,18H2. The SMILES string of the molecule is NCc1nc(C(=O)N2CCN(C(=O)c3cccc(F)c3)CC2)cs1. The Morgan fingerprint density at radius 1 is 1.17 bits per heavy atom. The van der Waals surface area contributed by atoms with Gasteiger partial charge >= 0.3 is 0 Å². The van der Waals surface area contributed by atoms with E-state index in [1.54, 1.807) is 21.2 Å². The van der Waals surface area contributed by atoms with E-state index in [0.29, 0.717) is 44.0 Å². The second-order valence-electron chi connectivity index (χ2n) is 5.43. The van der Waals surface area contributed by atoms with Crippen LogP contribution in [0.25, 0.3) is 0 Å². The Kier molecular flexibility index (Phi) is 4.86. The molecule has 1 aliphatic heterocycles. The van der Waals surface area contributed by atoms with Gasteiger partial charge in [-0.25, -0.2) is 9.37 Å². The van der Waals surface area contributed by atoms with Gasteiger partial charge in [0.1, 0.15) is 16.5 Å². The van der Waals surface area contributed by atoms with Crippen LogP contribution in [-0.2, 0) is 6.54 Å². The van der Waals surface area contributed by atoms with Gasteiger partial charge in [0.25, 0.3) is 11.8 Å². The summed E-state index contributed by atoms with van der Waals surface area (Å²) >= 11 is 1.36. The molecule has 0 aliphatic carbocycles. The van der Waals surface area contributed by atoms with Crippen molar-refractivity contribution in [3.63, 3.8) is 0 Å². The Labute approximate surface area is 142 Å². The maximum Gasteiger partial charge on any atom is 0.273 e. The number of carbonyl (C=O) groups excluding carboxylic acids is 2. The molecule has 2 N–H and O–H groups in total. The van der Waals surface area contributed by atoms with E-state index >= 15 is 0 Å². The first kappa shape index (κ1) is 16.5. The number of piperazine rings is 1. The van der Waals surface area contributed by atoms with Crippen molar-refractivity contribution in [1.29, 1.82) is 0 Å². The molecule has 1 aromatic heterocycles. The highest BCUT2D eigenvalue weighted by Crippen LogP contribution is 2.14. The van der Waals surface area contributed by atoms with E-state index in [1.165, 1.54) is 29.5 Å². The zero-order chi connectivity index (χ0) is 17.1. The highest BCUT2D eigenvalue weighted by molar-refractivity contribution is 7.09. The van der Waals surface area contributed by atoms with Gasteiger partial charge in [-0.2, -0.15) is 0 Å². The summed E-state index contributed by atoms with van der Waals surface area (Å²) in [6.45, 7) is 1.99. The molecule has 1 aromatic carbocycles. The van der Waals surface area contributed by atoms with E-state index in [1.807, 2.05) is 0 Å². The number of nitrogens with zero attached hydrogens (tertiary/aromatic N) is 3. The van der Waals surface area contributed by atoms with Crippen molar-refractivity contribution in [2.75, 3.05) is 26.2 Å². The van der Waals surface area contributed by atoms with Crippen LogP contribution in [0, 0.1) is 5.82 Å². The van der Waals surface area contributed by atoms with Gasteiger partial charge in [0, 0.05) is 43.7 Å². The van der Waals surface area contributed by atoms with Crippen molar-refractivity contribution in [1.82, 2.24) is 14.8 Å².